The van der Waals surface area contributed by atoms with E-state index in [-0.39, 0.29) is 35.1 Å². The first-order valence-electron chi connectivity index (χ1n) is 10.1. The number of nitrogens with zero attached hydrogens (tertiary/aromatic N) is 1. The van der Waals surface area contributed by atoms with Crippen molar-refractivity contribution in [1.29, 1.82) is 0 Å². The van der Waals surface area contributed by atoms with E-state index in [0.717, 1.165) is 6.07 Å². The number of amides is 1. The van der Waals surface area contributed by atoms with Gasteiger partial charge in [0, 0.05) is 11.5 Å². The minimum absolute atomic E-state index is 0.0788. The van der Waals surface area contributed by atoms with Gasteiger partial charge in [-0.15, -0.1) is 0 Å². The fourth-order valence-corrected chi connectivity index (χ4v) is 5.44. The molecule has 0 heterocycles. The number of hydrogen-bond acceptors (Lipinski definition) is 9. The second kappa shape index (κ2) is 7.15. The molecule has 1 unspecified atom stereocenters. The molecule has 1 aromatic carbocycles. The van der Waals surface area contributed by atoms with E-state index in [4.69, 9.17) is 5.73 Å². The minimum atomic E-state index is -2.73. The van der Waals surface area contributed by atoms with Crippen LogP contribution < -0.4 is 5.73 Å². The van der Waals surface area contributed by atoms with Gasteiger partial charge >= 0.3 is 5.97 Å². The molecule has 7 N–H and O–H groups in total. The van der Waals surface area contributed by atoms with Gasteiger partial charge in [0.2, 0.25) is 5.78 Å². The third-order valence-electron chi connectivity index (χ3n) is 6.83. The molecule has 4 rings (SSSR count). The molecule has 0 aliphatic heterocycles. The van der Waals surface area contributed by atoms with Crippen molar-refractivity contribution in [3.05, 3.63) is 45.7 Å². The third kappa shape index (κ3) is 2.82. The number of phenols is 1. The van der Waals surface area contributed by atoms with E-state index >= 15 is 0 Å². The van der Waals surface area contributed by atoms with Crippen LogP contribution in [0.25, 0.3) is 5.76 Å². The average molecular weight is 458 g/mol. The molecule has 0 bridgehead atoms. The number of hydrogen-bond donors (Lipinski definition) is 6. The third-order valence-corrected chi connectivity index (χ3v) is 6.83. The Kier molecular flexibility index (Phi) is 4.88. The summed E-state index contributed by atoms with van der Waals surface area (Å²) in [6.45, 7) is 0. The van der Waals surface area contributed by atoms with Gasteiger partial charge < -0.3 is 31.3 Å². The van der Waals surface area contributed by atoms with E-state index < -0.39 is 69.8 Å². The zero-order valence-corrected chi connectivity index (χ0v) is 17.7. The highest BCUT2D eigenvalue weighted by Gasteiger charge is 2.64. The summed E-state index contributed by atoms with van der Waals surface area (Å²) >= 11 is 0. The Morgan fingerprint density at radius 1 is 1.15 bits per heavy atom. The lowest BCUT2D eigenvalue weighted by atomic mass is 9.57. The molecule has 0 radical (unpaired) electrons. The maximum absolute atomic E-state index is 13.6. The highest BCUT2D eigenvalue weighted by atomic mass is 16.4. The normalized spacial score (nSPS) is 29.0. The minimum Gasteiger partial charge on any atom is -0.508 e. The van der Waals surface area contributed by atoms with Crippen molar-refractivity contribution in [3.8, 4) is 5.75 Å². The molecule has 1 fully saturated rings. The molecule has 4 atom stereocenters. The van der Waals surface area contributed by atoms with Crippen LogP contribution in [0.2, 0.25) is 0 Å². The smallest absolute Gasteiger partial charge is 0.335 e. The predicted molar refractivity (Wildman–Crippen MR) is 111 cm³/mol. The highest BCUT2D eigenvalue weighted by Crippen LogP contribution is 2.52. The van der Waals surface area contributed by atoms with E-state index in [0.29, 0.717) is 0 Å². The van der Waals surface area contributed by atoms with Gasteiger partial charge in [0.05, 0.1) is 17.2 Å². The van der Waals surface area contributed by atoms with Crippen molar-refractivity contribution in [2.75, 3.05) is 14.1 Å². The first-order valence-corrected chi connectivity index (χ1v) is 10.1. The van der Waals surface area contributed by atoms with Crippen LogP contribution in [0.1, 0.15) is 27.9 Å². The number of primary amides is 1. The first-order chi connectivity index (χ1) is 15.3. The van der Waals surface area contributed by atoms with Crippen LogP contribution in [0.5, 0.6) is 5.75 Å². The Bertz CT molecular complexity index is 1210. The van der Waals surface area contributed by atoms with Crippen LogP contribution in [-0.4, -0.2) is 79.6 Å². The molecule has 1 saturated carbocycles. The van der Waals surface area contributed by atoms with Gasteiger partial charge in [0.15, 0.2) is 11.4 Å². The van der Waals surface area contributed by atoms with Crippen molar-refractivity contribution < 1.29 is 44.7 Å². The van der Waals surface area contributed by atoms with Crippen LogP contribution in [0.15, 0.2) is 29.0 Å². The largest absolute Gasteiger partial charge is 0.508 e. The highest BCUT2D eigenvalue weighted by molar-refractivity contribution is 6.24. The van der Waals surface area contributed by atoms with Gasteiger partial charge in [-0.2, -0.15) is 0 Å². The Hall–Kier alpha value is -3.70. The van der Waals surface area contributed by atoms with Crippen LogP contribution in [0, 0.1) is 11.8 Å². The topological polar surface area (TPSA) is 199 Å². The summed E-state index contributed by atoms with van der Waals surface area (Å²) < 4.78 is 0. The van der Waals surface area contributed by atoms with Crippen molar-refractivity contribution in [1.82, 2.24) is 4.90 Å². The number of aliphatic hydroxyl groups excluding tert-OH is 2. The molecule has 0 spiro atoms. The molecule has 1 amide bonds. The van der Waals surface area contributed by atoms with Gasteiger partial charge in [-0.3, -0.25) is 19.3 Å². The maximum atomic E-state index is 13.6. The number of likely N-dealkylation sites (N-methyl/N-ethyl adjacent to an activating group) is 1. The Morgan fingerprint density at radius 3 is 2.33 bits per heavy atom. The van der Waals surface area contributed by atoms with Crippen molar-refractivity contribution in [2.45, 2.75) is 24.5 Å². The number of carbonyl (C=O) groups is 4. The number of carboxylic acid groups (broad SMARTS) is 1. The SMILES string of the molecule is CN(C)C1C(=O)C(C(N)=O)=C(O)[C@]2(O)C(=O)C3=C(O)c4c(O)ccc(C(=O)O)c4C[C@@H]3C[C@H]12. The van der Waals surface area contributed by atoms with E-state index in [2.05, 4.69) is 0 Å². The zero-order valence-electron chi connectivity index (χ0n) is 17.7. The molecule has 0 aromatic heterocycles. The maximum Gasteiger partial charge on any atom is 0.335 e. The summed E-state index contributed by atoms with van der Waals surface area (Å²) in [6.07, 6.45) is -0.189. The lowest BCUT2D eigenvalue weighted by molar-refractivity contribution is -0.153. The van der Waals surface area contributed by atoms with Gasteiger partial charge in [-0.05, 0) is 50.6 Å². The van der Waals surface area contributed by atoms with Crippen LogP contribution in [-0.2, 0) is 20.8 Å². The van der Waals surface area contributed by atoms with Crippen molar-refractivity contribution in [3.63, 3.8) is 0 Å². The molecule has 174 valence electrons. The van der Waals surface area contributed by atoms with Crippen LogP contribution in [0.3, 0.4) is 0 Å². The number of phenolic OH excluding ortho intramolecular Hbond substituents is 1. The fraction of sp³-hybridized carbons (Fsp3) is 0.364. The van der Waals surface area contributed by atoms with Gasteiger partial charge in [0.1, 0.15) is 22.8 Å². The number of ketones is 2. The Balaban J connectivity index is 2.00. The van der Waals surface area contributed by atoms with E-state index in [1.165, 1.54) is 25.1 Å². The van der Waals surface area contributed by atoms with Crippen LogP contribution in [0.4, 0.5) is 0 Å². The lowest BCUT2D eigenvalue weighted by Gasteiger charge is -2.50. The second-order valence-corrected chi connectivity index (χ2v) is 8.75. The average Bonchev–Trinajstić information content (AvgIpc) is 2.70. The number of aromatic carboxylic acids is 1. The zero-order chi connectivity index (χ0) is 24.6. The summed E-state index contributed by atoms with van der Waals surface area (Å²) in [5.74, 6) is -9.05. The van der Waals surface area contributed by atoms with Crippen LogP contribution >= 0.6 is 0 Å². The molecule has 33 heavy (non-hydrogen) atoms. The fourth-order valence-electron chi connectivity index (χ4n) is 5.44. The summed E-state index contributed by atoms with van der Waals surface area (Å²) in [7, 11) is 2.99. The monoisotopic (exact) mass is 458 g/mol. The molecule has 0 saturated heterocycles. The number of aliphatic hydroxyl groups is 3. The molecule has 11 heteroatoms. The van der Waals surface area contributed by atoms with Crippen molar-refractivity contribution in [2.24, 2.45) is 17.6 Å². The Labute approximate surface area is 187 Å². The summed E-state index contributed by atoms with van der Waals surface area (Å²) in [5.41, 5.74) is 0.965. The van der Waals surface area contributed by atoms with Gasteiger partial charge in [-0.25, -0.2) is 4.79 Å². The van der Waals surface area contributed by atoms with Crippen molar-refractivity contribution >= 4 is 29.2 Å². The van der Waals surface area contributed by atoms with Gasteiger partial charge in [-0.1, -0.05) is 0 Å². The number of nitrogens with two attached hydrogens (primary N) is 1. The molecule has 3 aliphatic rings. The molecular formula is C22H22N2O9. The summed E-state index contributed by atoms with van der Waals surface area (Å²) in [5, 5.41) is 52.9. The quantitative estimate of drug-likeness (QED) is 0.326. The predicted octanol–water partition coefficient (Wildman–Crippen LogP) is -0.338. The van der Waals surface area contributed by atoms with E-state index in [1.54, 1.807) is 0 Å². The van der Waals surface area contributed by atoms with Gasteiger partial charge in [0.25, 0.3) is 5.91 Å². The number of benzene rings is 1. The first kappa shape index (κ1) is 22.5. The molecule has 3 aliphatic carbocycles. The number of Topliss-reactive ketones (excluding diaryl/α,β-unsaturated/α-hetero) is 2. The van der Waals surface area contributed by atoms with E-state index in [1.807, 2.05) is 0 Å². The summed E-state index contributed by atoms with van der Waals surface area (Å²) in [6, 6.07) is 1.04. The molecule has 1 aromatic rings. The summed E-state index contributed by atoms with van der Waals surface area (Å²) in [4.78, 5) is 51.6. The number of rotatable bonds is 3. The number of aromatic hydroxyl groups is 1. The van der Waals surface area contributed by atoms with E-state index in [9.17, 15) is 44.7 Å². The number of carbonyl (C=O) groups excluding carboxylic acids is 3. The lowest BCUT2D eigenvalue weighted by Crippen LogP contribution is -2.65. The number of fused-ring (bicyclic) bond motifs is 3. The second-order valence-electron chi connectivity index (χ2n) is 8.75. The standard InChI is InChI=1S/C22H22N2O9/c1-24(2)15-10-6-7-5-9-8(21(31)32)3-4-11(25)13(9)16(26)12(7)18(28)22(10,33)19(29)14(17(15)27)20(23)30/h3-4,7,10,15,25-26,29,33H,5-6H2,1-2H3,(H2,23,30)(H,31,32)/t7-,10-,15?,22-/m1/s1. The Morgan fingerprint density at radius 2 is 1.79 bits per heavy atom. The molecular weight excluding hydrogens is 436 g/mol. The molecule has 11 nitrogen and oxygen atoms in total. The number of carboxylic acids is 1.